The molecule has 2 rings (SSSR count). The molecule has 0 heterocycles. The average molecular weight is 397 g/mol. The lowest BCUT2D eigenvalue weighted by Gasteiger charge is -2.09. The minimum atomic E-state index is -0.790. The number of nitrogens with one attached hydrogen (secondary N) is 3. The lowest BCUT2D eigenvalue weighted by Crippen LogP contribution is -2.41. The molecule has 152 valence electrons. The van der Waals surface area contributed by atoms with E-state index in [2.05, 4.69) is 16.0 Å². The molecule has 0 aliphatic carbocycles. The first kappa shape index (κ1) is 21.6. The van der Waals surface area contributed by atoms with Gasteiger partial charge in [-0.15, -0.1) is 0 Å². The predicted molar refractivity (Wildman–Crippen MR) is 106 cm³/mol. The third-order valence-corrected chi connectivity index (χ3v) is 4.08. The number of carbonyl (C=O) groups is 4. The van der Waals surface area contributed by atoms with E-state index in [-0.39, 0.29) is 13.1 Å². The summed E-state index contributed by atoms with van der Waals surface area (Å²) in [5, 5.41) is 6.99. The number of urea groups is 1. The first-order valence-corrected chi connectivity index (χ1v) is 8.98. The number of carbonyl (C=O) groups excluding carboxylic acids is 4. The normalized spacial score (nSPS) is 10.0. The first-order chi connectivity index (χ1) is 13.8. The van der Waals surface area contributed by atoms with E-state index in [1.165, 1.54) is 0 Å². The molecule has 2 aromatic carbocycles. The summed E-state index contributed by atoms with van der Waals surface area (Å²) in [5.74, 6) is -1.98. The molecule has 0 bridgehead atoms. The van der Waals surface area contributed by atoms with E-state index in [9.17, 15) is 19.2 Å². The maximum absolute atomic E-state index is 12.0. The Balaban J connectivity index is 1.66. The number of hydrogen-bond donors (Lipinski definition) is 3. The van der Waals surface area contributed by atoms with Gasteiger partial charge in [-0.05, 0) is 42.7 Å². The summed E-state index contributed by atoms with van der Waals surface area (Å²) in [7, 11) is 0. The number of imide groups is 1. The standard InChI is InChI=1S/C21H23N3O5/c1-14-8-9-17(10-15(14)2)20(27)22-12-19(26)29-13-18(25)24-21(28)23-11-16-6-4-3-5-7-16/h3-10H,11-13H2,1-2H3,(H,22,27)(H2,23,24,25,28). The van der Waals surface area contributed by atoms with Gasteiger partial charge in [0.1, 0.15) is 6.54 Å². The van der Waals surface area contributed by atoms with Gasteiger partial charge in [0, 0.05) is 12.1 Å². The highest BCUT2D eigenvalue weighted by molar-refractivity contribution is 5.97. The summed E-state index contributed by atoms with van der Waals surface area (Å²) in [6, 6.07) is 13.7. The molecule has 2 aromatic rings. The minimum absolute atomic E-state index is 0.254. The molecule has 8 heteroatoms. The fraction of sp³-hybridized carbons (Fsp3) is 0.238. The smallest absolute Gasteiger partial charge is 0.325 e. The van der Waals surface area contributed by atoms with Crippen molar-refractivity contribution < 1.29 is 23.9 Å². The lowest BCUT2D eigenvalue weighted by atomic mass is 10.1. The Kier molecular flexibility index (Phi) is 7.90. The Morgan fingerprint density at radius 2 is 1.62 bits per heavy atom. The molecule has 0 aliphatic rings. The molecule has 0 saturated carbocycles. The molecule has 8 nitrogen and oxygen atoms in total. The maximum atomic E-state index is 12.0. The van der Waals surface area contributed by atoms with Gasteiger partial charge in [0.05, 0.1) is 0 Å². The first-order valence-electron chi connectivity index (χ1n) is 8.98. The van der Waals surface area contributed by atoms with Crippen molar-refractivity contribution in [2.24, 2.45) is 0 Å². The van der Waals surface area contributed by atoms with Crippen LogP contribution in [0.3, 0.4) is 0 Å². The van der Waals surface area contributed by atoms with Crippen LogP contribution < -0.4 is 16.0 Å². The van der Waals surface area contributed by atoms with Gasteiger partial charge in [-0.3, -0.25) is 19.7 Å². The zero-order valence-electron chi connectivity index (χ0n) is 16.3. The molecule has 4 amide bonds. The highest BCUT2D eigenvalue weighted by Gasteiger charge is 2.13. The van der Waals surface area contributed by atoms with Crippen molar-refractivity contribution in [1.29, 1.82) is 0 Å². The van der Waals surface area contributed by atoms with Gasteiger partial charge in [0.2, 0.25) is 0 Å². The van der Waals surface area contributed by atoms with E-state index < -0.39 is 30.4 Å². The molecule has 0 aromatic heterocycles. The second-order valence-electron chi connectivity index (χ2n) is 6.36. The summed E-state index contributed by atoms with van der Waals surface area (Å²) in [5.41, 5.74) is 3.32. The van der Waals surface area contributed by atoms with Crippen LogP contribution in [0.15, 0.2) is 48.5 Å². The molecule has 0 aliphatic heterocycles. The van der Waals surface area contributed by atoms with E-state index in [0.717, 1.165) is 16.7 Å². The number of rotatable bonds is 7. The largest absolute Gasteiger partial charge is 0.454 e. The maximum Gasteiger partial charge on any atom is 0.325 e. The fourth-order valence-electron chi connectivity index (χ4n) is 2.32. The summed E-state index contributed by atoms with van der Waals surface area (Å²) in [4.78, 5) is 47.0. The summed E-state index contributed by atoms with van der Waals surface area (Å²) >= 11 is 0. The highest BCUT2D eigenvalue weighted by atomic mass is 16.5. The van der Waals surface area contributed by atoms with Crippen molar-refractivity contribution in [3.8, 4) is 0 Å². The van der Waals surface area contributed by atoms with Crippen molar-refractivity contribution in [2.75, 3.05) is 13.2 Å². The van der Waals surface area contributed by atoms with Crippen LogP contribution in [-0.4, -0.2) is 37.0 Å². The third kappa shape index (κ3) is 7.45. The summed E-state index contributed by atoms with van der Waals surface area (Å²) in [6.07, 6.45) is 0. The molecule has 0 saturated heterocycles. The Bertz CT molecular complexity index is 896. The van der Waals surface area contributed by atoms with Gasteiger partial charge >= 0.3 is 12.0 Å². The van der Waals surface area contributed by atoms with Crippen LogP contribution in [0.2, 0.25) is 0 Å². The van der Waals surface area contributed by atoms with Gasteiger partial charge in [0.25, 0.3) is 11.8 Å². The molecule has 0 atom stereocenters. The zero-order valence-corrected chi connectivity index (χ0v) is 16.3. The fourth-order valence-corrected chi connectivity index (χ4v) is 2.32. The Hall–Kier alpha value is -3.68. The lowest BCUT2D eigenvalue weighted by molar-refractivity contribution is -0.147. The van der Waals surface area contributed by atoms with E-state index in [1.807, 2.05) is 50.2 Å². The van der Waals surface area contributed by atoms with Crippen molar-refractivity contribution in [3.05, 3.63) is 70.8 Å². The van der Waals surface area contributed by atoms with Gasteiger partial charge in [0.15, 0.2) is 6.61 Å². The molecule has 0 radical (unpaired) electrons. The zero-order chi connectivity index (χ0) is 21.2. The Morgan fingerprint density at radius 3 is 2.31 bits per heavy atom. The number of esters is 1. The summed E-state index contributed by atoms with van der Waals surface area (Å²) < 4.78 is 4.75. The number of benzene rings is 2. The number of amides is 4. The van der Waals surface area contributed by atoms with Crippen molar-refractivity contribution in [3.63, 3.8) is 0 Å². The second-order valence-corrected chi connectivity index (χ2v) is 6.36. The van der Waals surface area contributed by atoms with Crippen LogP contribution in [-0.2, 0) is 20.9 Å². The number of hydrogen-bond acceptors (Lipinski definition) is 5. The van der Waals surface area contributed by atoms with Gasteiger partial charge in [-0.25, -0.2) is 4.79 Å². The molecular formula is C21H23N3O5. The second kappa shape index (κ2) is 10.6. The van der Waals surface area contributed by atoms with Gasteiger partial charge < -0.3 is 15.4 Å². The Morgan fingerprint density at radius 1 is 0.897 bits per heavy atom. The van der Waals surface area contributed by atoms with Crippen LogP contribution in [0.5, 0.6) is 0 Å². The average Bonchev–Trinajstić information content (AvgIpc) is 2.71. The molecule has 0 fully saturated rings. The van der Waals surface area contributed by atoms with E-state index in [1.54, 1.807) is 12.1 Å². The minimum Gasteiger partial charge on any atom is -0.454 e. The van der Waals surface area contributed by atoms with E-state index in [0.29, 0.717) is 5.56 Å². The topological polar surface area (TPSA) is 114 Å². The van der Waals surface area contributed by atoms with Crippen LogP contribution in [0, 0.1) is 13.8 Å². The number of aryl methyl sites for hydroxylation is 2. The van der Waals surface area contributed by atoms with Gasteiger partial charge in [-0.1, -0.05) is 36.4 Å². The predicted octanol–water partition coefficient (Wildman–Crippen LogP) is 1.60. The van der Waals surface area contributed by atoms with Crippen molar-refractivity contribution >= 4 is 23.8 Å². The highest BCUT2D eigenvalue weighted by Crippen LogP contribution is 2.09. The van der Waals surface area contributed by atoms with Crippen LogP contribution in [0.4, 0.5) is 4.79 Å². The van der Waals surface area contributed by atoms with Crippen LogP contribution >= 0.6 is 0 Å². The van der Waals surface area contributed by atoms with Crippen LogP contribution in [0.1, 0.15) is 27.0 Å². The van der Waals surface area contributed by atoms with E-state index >= 15 is 0 Å². The number of ether oxygens (including phenoxy) is 1. The molecule has 0 spiro atoms. The van der Waals surface area contributed by atoms with Gasteiger partial charge in [-0.2, -0.15) is 0 Å². The molecule has 0 unspecified atom stereocenters. The molecular weight excluding hydrogens is 374 g/mol. The summed E-state index contributed by atoms with van der Waals surface area (Å²) in [6.45, 7) is 3.05. The quantitative estimate of drug-likeness (QED) is 0.614. The molecule has 3 N–H and O–H groups in total. The van der Waals surface area contributed by atoms with Crippen molar-refractivity contribution in [2.45, 2.75) is 20.4 Å². The molecule has 29 heavy (non-hydrogen) atoms. The Labute approximate surface area is 168 Å². The SMILES string of the molecule is Cc1ccc(C(=O)NCC(=O)OCC(=O)NC(=O)NCc2ccccc2)cc1C. The van der Waals surface area contributed by atoms with E-state index in [4.69, 9.17) is 4.74 Å². The van der Waals surface area contributed by atoms with Crippen LogP contribution in [0.25, 0.3) is 0 Å². The monoisotopic (exact) mass is 397 g/mol. The third-order valence-electron chi connectivity index (χ3n) is 4.08. The van der Waals surface area contributed by atoms with Crippen molar-refractivity contribution in [1.82, 2.24) is 16.0 Å².